The van der Waals surface area contributed by atoms with E-state index in [1.165, 1.54) is 25.8 Å². The molecule has 1 fully saturated rings. The molecule has 3 unspecified atom stereocenters. The number of nitrogens with zero attached hydrogens (tertiary/aromatic N) is 1. The van der Waals surface area contributed by atoms with E-state index < -0.39 is 0 Å². The molecule has 0 aromatic heterocycles. The van der Waals surface area contributed by atoms with Gasteiger partial charge in [-0.15, -0.1) is 0 Å². The molecule has 0 saturated carbocycles. The number of rotatable bonds is 3. The zero-order valence-corrected chi connectivity index (χ0v) is 11.8. The Morgan fingerprint density at radius 1 is 1.25 bits per heavy atom. The lowest BCUT2D eigenvalue weighted by Crippen LogP contribution is -2.51. The molecule has 2 nitrogen and oxygen atoms in total. The fourth-order valence-electron chi connectivity index (χ4n) is 2.87. The minimum absolute atomic E-state index is 0.379. The number of piperidine rings is 1. The van der Waals surface area contributed by atoms with Gasteiger partial charge < -0.3 is 5.73 Å². The Kier molecular flexibility index (Phi) is 4.81. The van der Waals surface area contributed by atoms with Gasteiger partial charge >= 0.3 is 0 Å². The Balaban J connectivity index is 2.63. The molecule has 1 heterocycles. The lowest BCUT2D eigenvalue weighted by Gasteiger charge is -2.43. The van der Waals surface area contributed by atoms with Gasteiger partial charge in [0.05, 0.1) is 0 Å². The van der Waals surface area contributed by atoms with Crippen molar-refractivity contribution in [2.24, 2.45) is 17.1 Å². The summed E-state index contributed by atoms with van der Waals surface area (Å²) in [6.07, 6.45) is 3.92. The van der Waals surface area contributed by atoms with Crippen LogP contribution in [0.15, 0.2) is 0 Å². The third-order valence-corrected chi connectivity index (χ3v) is 3.75. The maximum atomic E-state index is 5.98. The second-order valence-corrected chi connectivity index (χ2v) is 6.88. The van der Waals surface area contributed by atoms with E-state index in [-0.39, 0.29) is 0 Å². The molecule has 0 aliphatic carbocycles. The van der Waals surface area contributed by atoms with E-state index in [1.807, 2.05) is 0 Å². The number of likely N-dealkylation sites (tertiary alicyclic amines) is 1. The number of hydrogen-bond donors (Lipinski definition) is 1. The maximum Gasteiger partial charge on any atom is 0.0226 e. The Labute approximate surface area is 102 Å². The van der Waals surface area contributed by atoms with Crippen LogP contribution in [0.5, 0.6) is 0 Å². The van der Waals surface area contributed by atoms with Gasteiger partial charge in [0.2, 0.25) is 0 Å². The molecule has 1 aliphatic rings. The summed E-state index contributed by atoms with van der Waals surface area (Å²) in [7, 11) is 0. The van der Waals surface area contributed by atoms with Crippen LogP contribution in [0.25, 0.3) is 0 Å². The Morgan fingerprint density at radius 2 is 1.88 bits per heavy atom. The SMILES string of the molecule is CC1CCC(C)N(C(CN)CC(C)(C)C)C1. The minimum atomic E-state index is 0.379. The summed E-state index contributed by atoms with van der Waals surface area (Å²) < 4.78 is 0. The summed E-state index contributed by atoms with van der Waals surface area (Å²) in [4.78, 5) is 2.65. The molecular weight excluding hydrogens is 196 g/mol. The zero-order valence-electron chi connectivity index (χ0n) is 11.8. The van der Waals surface area contributed by atoms with Gasteiger partial charge in [-0.3, -0.25) is 4.90 Å². The van der Waals surface area contributed by atoms with Crippen LogP contribution in [-0.2, 0) is 0 Å². The summed E-state index contributed by atoms with van der Waals surface area (Å²) in [5.74, 6) is 0.838. The molecule has 1 rings (SSSR count). The molecule has 0 amide bonds. The first-order valence-corrected chi connectivity index (χ1v) is 6.79. The van der Waals surface area contributed by atoms with Gasteiger partial charge in [0, 0.05) is 25.2 Å². The lowest BCUT2D eigenvalue weighted by molar-refractivity contribution is 0.0595. The summed E-state index contributed by atoms with van der Waals surface area (Å²) in [6.45, 7) is 13.7. The topological polar surface area (TPSA) is 29.3 Å². The highest BCUT2D eigenvalue weighted by Gasteiger charge is 2.30. The van der Waals surface area contributed by atoms with Crippen molar-refractivity contribution in [2.75, 3.05) is 13.1 Å². The van der Waals surface area contributed by atoms with Crippen LogP contribution in [0.4, 0.5) is 0 Å². The quantitative estimate of drug-likeness (QED) is 0.802. The van der Waals surface area contributed by atoms with Crippen molar-refractivity contribution in [3.63, 3.8) is 0 Å². The van der Waals surface area contributed by atoms with Crippen molar-refractivity contribution >= 4 is 0 Å². The molecule has 2 N–H and O–H groups in total. The Bertz CT molecular complexity index is 207. The standard InChI is InChI=1S/C14H30N2/c1-11-6-7-12(2)16(10-11)13(9-15)8-14(3,4)5/h11-13H,6-10,15H2,1-5H3. The second-order valence-electron chi connectivity index (χ2n) is 6.88. The van der Waals surface area contributed by atoms with Crippen LogP contribution in [0.1, 0.15) is 53.9 Å². The van der Waals surface area contributed by atoms with Gasteiger partial charge in [-0.2, -0.15) is 0 Å². The molecule has 1 aliphatic heterocycles. The Morgan fingerprint density at radius 3 is 2.38 bits per heavy atom. The van der Waals surface area contributed by atoms with Gasteiger partial charge in [-0.25, -0.2) is 0 Å². The van der Waals surface area contributed by atoms with Gasteiger partial charge in [-0.05, 0) is 37.5 Å². The third-order valence-electron chi connectivity index (χ3n) is 3.75. The van der Waals surface area contributed by atoms with Crippen LogP contribution < -0.4 is 5.73 Å². The zero-order chi connectivity index (χ0) is 12.3. The molecule has 0 aromatic rings. The predicted octanol–water partition coefficient (Wildman–Crippen LogP) is 2.87. The molecule has 0 spiro atoms. The summed E-state index contributed by atoms with van der Waals surface area (Å²) >= 11 is 0. The first kappa shape index (κ1) is 14.0. The van der Waals surface area contributed by atoms with E-state index in [2.05, 4.69) is 39.5 Å². The van der Waals surface area contributed by atoms with E-state index in [1.54, 1.807) is 0 Å². The fraction of sp³-hybridized carbons (Fsp3) is 1.00. The third kappa shape index (κ3) is 4.06. The van der Waals surface area contributed by atoms with E-state index >= 15 is 0 Å². The second kappa shape index (κ2) is 5.50. The molecular formula is C14H30N2. The number of nitrogens with two attached hydrogens (primary N) is 1. The van der Waals surface area contributed by atoms with Gasteiger partial charge in [0.25, 0.3) is 0 Å². The molecule has 0 bridgehead atoms. The van der Waals surface area contributed by atoms with E-state index in [4.69, 9.17) is 5.73 Å². The van der Waals surface area contributed by atoms with Crippen molar-refractivity contribution < 1.29 is 0 Å². The largest absolute Gasteiger partial charge is 0.329 e. The Hall–Kier alpha value is -0.0800. The smallest absolute Gasteiger partial charge is 0.0226 e. The van der Waals surface area contributed by atoms with Crippen LogP contribution in [0.2, 0.25) is 0 Å². The molecule has 0 radical (unpaired) electrons. The molecule has 96 valence electrons. The summed E-state index contributed by atoms with van der Waals surface area (Å²) in [6, 6.07) is 1.28. The van der Waals surface area contributed by atoms with Gasteiger partial charge in [0.15, 0.2) is 0 Å². The average Bonchev–Trinajstić information content (AvgIpc) is 2.17. The van der Waals surface area contributed by atoms with Gasteiger partial charge in [0.1, 0.15) is 0 Å². The lowest BCUT2D eigenvalue weighted by atomic mass is 9.85. The van der Waals surface area contributed by atoms with E-state index in [0.717, 1.165) is 12.5 Å². The maximum absolute atomic E-state index is 5.98. The first-order chi connectivity index (χ1) is 7.33. The van der Waals surface area contributed by atoms with Crippen molar-refractivity contribution in [1.29, 1.82) is 0 Å². The predicted molar refractivity (Wildman–Crippen MR) is 71.5 cm³/mol. The highest BCUT2D eigenvalue weighted by atomic mass is 15.2. The van der Waals surface area contributed by atoms with E-state index in [0.29, 0.717) is 17.5 Å². The van der Waals surface area contributed by atoms with Crippen molar-refractivity contribution in [3.8, 4) is 0 Å². The molecule has 0 aromatic carbocycles. The van der Waals surface area contributed by atoms with Crippen LogP contribution in [0, 0.1) is 11.3 Å². The first-order valence-electron chi connectivity index (χ1n) is 6.79. The van der Waals surface area contributed by atoms with Gasteiger partial charge in [-0.1, -0.05) is 27.7 Å². The monoisotopic (exact) mass is 226 g/mol. The van der Waals surface area contributed by atoms with Crippen LogP contribution in [-0.4, -0.2) is 30.1 Å². The molecule has 3 atom stereocenters. The van der Waals surface area contributed by atoms with Crippen LogP contribution in [0.3, 0.4) is 0 Å². The molecule has 16 heavy (non-hydrogen) atoms. The van der Waals surface area contributed by atoms with Crippen molar-refractivity contribution in [3.05, 3.63) is 0 Å². The van der Waals surface area contributed by atoms with Crippen LogP contribution >= 0.6 is 0 Å². The molecule has 1 saturated heterocycles. The van der Waals surface area contributed by atoms with E-state index in [9.17, 15) is 0 Å². The normalized spacial score (nSPS) is 30.4. The summed E-state index contributed by atoms with van der Waals surface area (Å²) in [5, 5.41) is 0. The minimum Gasteiger partial charge on any atom is -0.329 e. The van der Waals surface area contributed by atoms with Crippen molar-refractivity contribution in [1.82, 2.24) is 4.90 Å². The summed E-state index contributed by atoms with van der Waals surface area (Å²) in [5.41, 5.74) is 6.36. The average molecular weight is 226 g/mol. The highest BCUT2D eigenvalue weighted by Crippen LogP contribution is 2.29. The van der Waals surface area contributed by atoms with Crippen molar-refractivity contribution in [2.45, 2.75) is 66.0 Å². The number of hydrogen-bond acceptors (Lipinski definition) is 2. The molecule has 2 heteroatoms. The highest BCUT2D eigenvalue weighted by molar-refractivity contribution is 4.85. The fourth-order valence-corrected chi connectivity index (χ4v) is 2.87.